The number of nitrogens with one attached hydrogen (secondary N) is 2. The molecule has 0 unspecified atom stereocenters. The standard InChI is InChI=1S/C14H13FN2O2.C9H12N2O2.C8H7F3N2O.C5H4O3/c1-19-13-8-9(6-7-12(13)16)17-14(18)10-4-2-3-5-11(10)15;1-6(12)11-7-3-4-8(10)9(5-7)13-2;9-8(10,11)5-3-4(7(13)14)1-2-6(5)12;6-5(7)4-2-1-3-8-4/h2-8H,16H2,1H3,(H,17,18);3-5H,10H2,1-2H3,(H,11,12);1-3H,12H2,(H2,13,14);1-3H,(H,6,7). The van der Waals surface area contributed by atoms with Crippen molar-refractivity contribution < 1.29 is 55.7 Å². The number of hydrogen-bond donors (Lipinski definition) is 7. The molecule has 1 heterocycles. The fourth-order valence-corrected chi connectivity index (χ4v) is 3.98. The van der Waals surface area contributed by atoms with E-state index in [2.05, 4.69) is 15.1 Å². The Kier molecular flexibility index (Phi) is 15.9. The number of nitrogen functional groups attached to an aromatic ring is 3. The van der Waals surface area contributed by atoms with Crippen molar-refractivity contribution in [2.75, 3.05) is 42.1 Å². The number of methoxy groups -OCH3 is 2. The van der Waals surface area contributed by atoms with Crippen LogP contribution in [0.15, 0.2) is 102 Å². The number of primary amides is 1. The molecule has 0 aliphatic heterocycles. The molecular weight excluding hydrogens is 720 g/mol. The van der Waals surface area contributed by atoms with E-state index >= 15 is 0 Å². The molecular formula is C36H36F4N6O8. The third kappa shape index (κ3) is 13.5. The minimum Gasteiger partial charge on any atom is -0.495 e. The van der Waals surface area contributed by atoms with Gasteiger partial charge in [0.15, 0.2) is 0 Å². The molecule has 0 atom stereocenters. The Morgan fingerprint density at radius 1 is 0.741 bits per heavy atom. The Hall–Kier alpha value is -7.24. The summed E-state index contributed by atoms with van der Waals surface area (Å²) >= 11 is 0. The zero-order valence-electron chi connectivity index (χ0n) is 28.9. The van der Waals surface area contributed by atoms with E-state index in [1.165, 1.54) is 57.7 Å². The summed E-state index contributed by atoms with van der Waals surface area (Å²) in [6, 6.07) is 21.4. The van der Waals surface area contributed by atoms with Crippen LogP contribution >= 0.6 is 0 Å². The van der Waals surface area contributed by atoms with Crippen molar-refractivity contribution in [1.82, 2.24) is 0 Å². The molecule has 0 aliphatic rings. The van der Waals surface area contributed by atoms with Crippen LogP contribution in [-0.2, 0) is 11.0 Å². The largest absolute Gasteiger partial charge is 0.495 e. The number of carboxylic acid groups (broad SMARTS) is 1. The smallest absolute Gasteiger partial charge is 0.418 e. The summed E-state index contributed by atoms with van der Waals surface area (Å²) in [5.41, 5.74) is 21.7. The van der Waals surface area contributed by atoms with E-state index in [0.29, 0.717) is 40.3 Å². The van der Waals surface area contributed by atoms with Crippen LogP contribution < -0.4 is 43.0 Å². The molecule has 286 valence electrons. The van der Waals surface area contributed by atoms with Gasteiger partial charge in [0, 0.05) is 41.7 Å². The van der Waals surface area contributed by atoms with Crippen LogP contribution in [0.25, 0.3) is 0 Å². The molecule has 3 amide bonds. The van der Waals surface area contributed by atoms with Crippen molar-refractivity contribution in [3.8, 4) is 11.5 Å². The van der Waals surface area contributed by atoms with Gasteiger partial charge >= 0.3 is 12.1 Å². The van der Waals surface area contributed by atoms with Crippen molar-refractivity contribution in [3.63, 3.8) is 0 Å². The predicted octanol–water partition coefficient (Wildman–Crippen LogP) is 6.27. The number of aromatic carboxylic acids is 1. The Balaban J connectivity index is 0.000000259. The Morgan fingerprint density at radius 3 is 1.70 bits per heavy atom. The first-order chi connectivity index (χ1) is 25.4. The first kappa shape index (κ1) is 42.9. The number of hydrogen-bond acceptors (Lipinski definition) is 10. The van der Waals surface area contributed by atoms with Crippen molar-refractivity contribution in [3.05, 3.63) is 126 Å². The van der Waals surface area contributed by atoms with Crippen LogP contribution in [0, 0.1) is 5.82 Å². The summed E-state index contributed by atoms with van der Waals surface area (Å²) in [5, 5.41) is 13.4. The second-order valence-electron chi connectivity index (χ2n) is 10.5. The van der Waals surface area contributed by atoms with Crippen LogP contribution in [0.1, 0.15) is 43.8 Å². The molecule has 1 aromatic heterocycles. The van der Waals surface area contributed by atoms with Crippen LogP contribution in [0.2, 0.25) is 0 Å². The first-order valence-electron chi connectivity index (χ1n) is 15.1. The van der Waals surface area contributed by atoms with E-state index in [-0.39, 0.29) is 22.8 Å². The zero-order valence-corrected chi connectivity index (χ0v) is 28.9. The number of anilines is 5. The molecule has 0 bridgehead atoms. The maximum atomic E-state index is 13.4. The van der Waals surface area contributed by atoms with Crippen LogP contribution in [0.4, 0.5) is 46.0 Å². The maximum absolute atomic E-state index is 13.4. The number of carbonyl (C=O) groups is 4. The lowest BCUT2D eigenvalue weighted by atomic mass is 10.1. The molecule has 4 aromatic carbocycles. The van der Waals surface area contributed by atoms with Gasteiger partial charge in [-0.05, 0) is 66.7 Å². The summed E-state index contributed by atoms with van der Waals surface area (Å²) in [6.45, 7) is 1.45. The lowest BCUT2D eigenvalue weighted by Gasteiger charge is -2.10. The van der Waals surface area contributed by atoms with Crippen molar-refractivity contribution in [1.29, 1.82) is 0 Å². The number of halogens is 4. The van der Waals surface area contributed by atoms with Gasteiger partial charge < -0.3 is 52.6 Å². The molecule has 11 N–H and O–H groups in total. The third-order valence-corrected chi connectivity index (χ3v) is 6.54. The molecule has 5 aromatic rings. The Bertz CT molecular complexity index is 2060. The summed E-state index contributed by atoms with van der Waals surface area (Å²) in [6.07, 6.45) is -3.25. The highest BCUT2D eigenvalue weighted by Gasteiger charge is 2.33. The number of rotatable bonds is 7. The van der Waals surface area contributed by atoms with Crippen molar-refractivity contribution >= 4 is 52.1 Å². The quantitative estimate of drug-likeness (QED) is 0.0720. The number of amides is 3. The van der Waals surface area contributed by atoms with Crippen LogP contribution in [-0.4, -0.2) is 43.0 Å². The summed E-state index contributed by atoms with van der Waals surface area (Å²) in [4.78, 5) is 43.2. The van der Waals surface area contributed by atoms with Gasteiger partial charge in [0.25, 0.3) is 5.91 Å². The number of alkyl halides is 3. The van der Waals surface area contributed by atoms with E-state index in [9.17, 15) is 36.7 Å². The number of benzene rings is 4. The van der Waals surface area contributed by atoms with E-state index < -0.39 is 41.0 Å². The number of nitrogens with two attached hydrogens (primary N) is 4. The molecule has 14 nitrogen and oxygen atoms in total. The molecule has 54 heavy (non-hydrogen) atoms. The van der Waals surface area contributed by atoms with Gasteiger partial charge in [0.05, 0.1) is 43.0 Å². The number of carbonyl (C=O) groups excluding carboxylic acids is 3. The molecule has 0 radical (unpaired) electrons. The predicted molar refractivity (Wildman–Crippen MR) is 194 cm³/mol. The lowest BCUT2D eigenvalue weighted by Crippen LogP contribution is -2.15. The summed E-state index contributed by atoms with van der Waals surface area (Å²) < 4.78 is 64.8. The Morgan fingerprint density at radius 2 is 1.28 bits per heavy atom. The first-order valence-corrected chi connectivity index (χ1v) is 15.1. The second kappa shape index (κ2) is 20.0. The van der Waals surface area contributed by atoms with Crippen molar-refractivity contribution in [2.24, 2.45) is 5.73 Å². The van der Waals surface area contributed by atoms with Gasteiger partial charge in [0.2, 0.25) is 17.6 Å². The average molecular weight is 757 g/mol. The monoisotopic (exact) mass is 756 g/mol. The average Bonchev–Trinajstić information content (AvgIpc) is 3.66. The SMILES string of the molecule is COc1cc(NC(=O)c2ccccc2F)ccc1N.COc1cc(NC(C)=O)ccc1N.NC(=O)c1ccc(N)c(C(F)(F)F)c1.O=C(O)c1ccco1. The minimum absolute atomic E-state index is 0.0155. The van der Waals surface area contributed by atoms with Gasteiger partial charge in [-0.2, -0.15) is 13.2 Å². The summed E-state index contributed by atoms with van der Waals surface area (Å²) in [7, 11) is 3.01. The maximum Gasteiger partial charge on any atom is 0.418 e. The highest BCUT2D eigenvalue weighted by Crippen LogP contribution is 2.34. The summed E-state index contributed by atoms with van der Waals surface area (Å²) in [5.74, 6) is -2.17. The Labute approximate surface area is 305 Å². The molecule has 0 fully saturated rings. The fourth-order valence-electron chi connectivity index (χ4n) is 3.98. The molecule has 0 aliphatic carbocycles. The zero-order chi connectivity index (χ0) is 40.6. The van der Waals surface area contributed by atoms with Gasteiger partial charge in [-0.25, -0.2) is 9.18 Å². The molecule has 0 spiro atoms. The molecule has 0 saturated heterocycles. The van der Waals surface area contributed by atoms with Gasteiger partial charge in [-0.1, -0.05) is 12.1 Å². The van der Waals surface area contributed by atoms with Crippen LogP contribution in [0.5, 0.6) is 11.5 Å². The van der Waals surface area contributed by atoms with Gasteiger partial charge in [-0.15, -0.1) is 0 Å². The number of furan rings is 1. The second-order valence-corrected chi connectivity index (χ2v) is 10.5. The highest BCUT2D eigenvalue weighted by molar-refractivity contribution is 6.04. The number of ether oxygens (including phenoxy) is 2. The molecule has 0 saturated carbocycles. The van der Waals surface area contributed by atoms with E-state index in [1.807, 2.05) is 0 Å². The van der Waals surface area contributed by atoms with E-state index in [1.54, 1.807) is 42.5 Å². The lowest BCUT2D eigenvalue weighted by molar-refractivity contribution is -0.136. The normalized spacial score (nSPS) is 10.1. The van der Waals surface area contributed by atoms with E-state index in [4.69, 9.17) is 37.5 Å². The molecule has 5 rings (SSSR count). The molecule has 18 heteroatoms. The van der Waals surface area contributed by atoms with Crippen LogP contribution in [0.3, 0.4) is 0 Å². The van der Waals surface area contributed by atoms with Gasteiger partial charge in [-0.3, -0.25) is 14.4 Å². The third-order valence-electron chi connectivity index (χ3n) is 6.54. The minimum atomic E-state index is -4.57. The van der Waals surface area contributed by atoms with Crippen molar-refractivity contribution in [2.45, 2.75) is 13.1 Å². The topological polar surface area (TPSA) is 248 Å². The number of carboxylic acids is 1. The van der Waals surface area contributed by atoms with E-state index in [0.717, 1.165) is 12.1 Å². The fraction of sp³-hybridized carbons (Fsp3) is 0.111. The van der Waals surface area contributed by atoms with Gasteiger partial charge in [0.1, 0.15) is 17.3 Å². The highest BCUT2D eigenvalue weighted by atomic mass is 19.4.